The van der Waals surface area contributed by atoms with Crippen molar-refractivity contribution in [3.63, 3.8) is 0 Å². The normalized spacial score (nSPS) is 27.5. The molecule has 0 unspecified atom stereocenters. The lowest BCUT2D eigenvalue weighted by Crippen LogP contribution is -2.35. The van der Waals surface area contributed by atoms with Gasteiger partial charge in [0.1, 0.15) is 16.9 Å². The number of furan rings is 1. The van der Waals surface area contributed by atoms with Gasteiger partial charge in [0, 0.05) is 49.1 Å². The summed E-state index contributed by atoms with van der Waals surface area (Å²) in [6.07, 6.45) is 4.67. The Morgan fingerprint density at radius 3 is 2.86 bits per heavy atom. The van der Waals surface area contributed by atoms with E-state index in [1.807, 2.05) is 25.3 Å². The van der Waals surface area contributed by atoms with Gasteiger partial charge in [-0.3, -0.25) is 9.88 Å². The zero-order valence-corrected chi connectivity index (χ0v) is 16.7. The minimum atomic E-state index is -0.792. The van der Waals surface area contributed by atoms with Crippen molar-refractivity contribution in [2.75, 3.05) is 13.1 Å². The van der Waals surface area contributed by atoms with Gasteiger partial charge >= 0.3 is 0 Å². The van der Waals surface area contributed by atoms with Crippen LogP contribution in [0.2, 0.25) is 0 Å². The van der Waals surface area contributed by atoms with Crippen LogP contribution in [0.4, 0.5) is 0 Å². The third-order valence-corrected chi connectivity index (χ3v) is 6.87. The maximum absolute atomic E-state index is 11.5. The number of aromatic nitrogens is 1. The first-order chi connectivity index (χ1) is 13.6. The molecule has 3 aromatic rings. The number of aliphatic hydroxyl groups is 1. The van der Waals surface area contributed by atoms with Gasteiger partial charge in [-0.25, -0.2) is 0 Å². The number of nitrogens with zero attached hydrogens (tertiary/aromatic N) is 2. The molecule has 4 nitrogen and oxygen atoms in total. The fraction of sp³-hybridized carbons (Fsp3) is 0.458. The lowest BCUT2D eigenvalue weighted by Gasteiger charge is -2.30. The Bertz CT molecular complexity index is 994. The molecule has 1 aliphatic heterocycles. The van der Waals surface area contributed by atoms with Crippen molar-refractivity contribution in [2.45, 2.75) is 45.3 Å². The quantitative estimate of drug-likeness (QED) is 0.732. The van der Waals surface area contributed by atoms with E-state index >= 15 is 0 Å². The molecule has 3 heterocycles. The molecule has 0 bridgehead atoms. The van der Waals surface area contributed by atoms with Crippen molar-refractivity contribution >= 4 is 11.0 Å². The van der Waals surface area contributed by atoms with Gasteiger partial charge in [-0.2, -0.15) is 0 Å². The summed E-state index contributed by atoms with van der Waals surface area (Å²) in [6, 6.07) is 12.4. The standard InChI is InChI=1S/C24H28N2O2/c1-3-21-19(18-6-4-5-7-22(18)28-21)14-26-13-17-10-11-24(27,20(17)15-26)23-9-8-16(2)12-25-23/h4-9,12,17,20,27H,3,10-11,13-15H2,1-2H3/t17-,20+,24-/m0/s1. The van der Waals surface area contributed by atoms with Gasteiger partial charge in [-0.05, 0) is 43.4 Å². The minimum absolute atomic E-state index is 0.256. The number of para-hydroxylation sites is 1. The second kappa shape index (κ2) is 6.71. The minimum Gasteiger partial charge on any atom is -0.461 e. The van der Waals surface area contributed by atoms with Gasteiger partial charge in [0.15, 0.2) is 0 Å². The fourth-order valence-corrected chi connectivity index (χ4v) is 5.39. The molecule has 1 aliphatic carbocycles. The Balaban J connectivity index is 1.40. The number of pyridine rings is 1. The van der Waals surface area contributed by atoms with Crippen LogP contribution in [0, 0.1) is 18.8 Å². The van der Waals surface area contributed by atoms with E-state index in [-0.39, 0.29) is 5.92 Å². The van der Waals surface area contributed by atoms with E-state index in [0.29, 0.717) is 5.92 Å². The molecule has 2 aromatic heterocycles. The highest BCUT2D eigenvalue weighted by Crippen LogP contribution is 2.50. The largest absolute Gasteiger partial charge is 0.461 e. The lowest BCUT2D eigenvalue weighted by molar-refractivity contribution is -0.0108. The third kappa shape index (κ3) is 2.78. The first-order valence-corrected chi connectivity index (χ1v) is 10.5. The van der Waals surface area contributed by atoms with Crippen molar-refractivity contribution in [1.82, 2.24) is 9.88 Å². The molecule has 1 aromatic carbocycles. The average molecular weight is 377 g/mol. The predicted molar refractivity (Wildman–Crippen MR) is 110 cm³/mol. The highest BCUT2D eigenvalue weighted by Gasteiger charge is 2.53. The molecular formula is C24H28N2O2. The molecule has 1 N–H and O–H groups in total. The summed E-state index contributed by atoms with van der Waals surface area (Å²) in [5, 5.41) is 12.8. The van der Waals surface area contributed by atoms with Gasteiger partial charge in [-0.1, -0.05) is 31.2 Å². The number of rotatable bonds is 4. The van der Waals surface area contributed by atoms with Crippen LogP contribution in [0.5, 0.6) is 0 Å². The third-order valence-electron chi connectivity index (χ3n) is 6.87. The summed E-state index contributed by atoms with van der Waals surface area (Å²) in [6.45, 7) is 7.04. The Morgan fingerprint density at radius 2 is 2.07 bits per heavy atom. The van der Waals surface area contributed by atoms with Gasteiger partial charge in [0.05, 0.1) is 5.69 Å². The second-order valence-electron chi connectivity index (χ2n) is 8.60. The molecule has 4 heteroatoms. The average Bonchev–Trinajstić information content (AvgIpc) is 3.37. The predicted octanol–water partition coefficient (Wildman–Crippen LogP) is 4.43. The first kappa shape index (κ1) is 17.9. The molecular weight excluding hydrogens is 348 g/mol. The van der Waals surface area contributed by atoms with Gasteiger partial charge < -0.3 is 9.52 Å². The highest BCUT2D eigenvalue weighted by atomic mass is 16.3. The monoisotopic (exact) mass is 376 g/mol. The summed E-state index contributed by atoms with van der Waals surface area (Å²) >= 11 is 0. The van der Waals surface area contributed by atoms with Crippen molar-refractivity contribution in [3.05, 3.63) is 65.2 Å². The summed E-state index contributed by atoms with van der Waals surface area (Å²) in [7, 11) is 0. The lowest BCUT2D eigenvalue weighted by atomic mass is 9.85. The number of fused-ring (bicyclic) bond motifs is 2. The Hall–Kier alpha value is -2.17. The smallest absolute Gasteiger partial charge is 0.134 e. The molecule has 2 aliphatic rings. The number of hydrogen-bond acceptors (Lipinski definition) is 4. The molecule has 2 fully saturated rings. The van der Waals surface area contributed by atoms with Crippen LogP contribution in [-0.4, -0.2) is 28.1 Å². The number of likely N-dealkylation sites (tertiary alicyclic amines) is 1. The van der Waals surface area contributed by atoms with Crippen LogP contribution < -0.4 is 0 Å². The number of aryl methyl sites for hydroxylation is 2. The number of hydrogen-bond donors (Lipinski definition) is 1. The Kier molecular flexibility index (Phi) is 4.29. The zero-order valence-electron chi connectivity index (χ0n) is 16.7. The first-order valence-electron chi connectivity index (χ1n) is 10.5. The van der Waals surface area contributed by atoms with Crippen LogP contribution in [0.25, 0.3) is 11.0 Å². The van der Waals surface area contributed by atoms with Crippen molar-refractivity contribution in [1.29, 1.82) is 0 Å². The summed E-state index contributed by atoms with van der Waals surface area (Å²) < 4.78 is 6.09. The van der Waals surface area contributed by atoms with Gasteiger partial charge in [0.25, 0.3) is 0 Å². The van der Waals surface area contributed by atoms with E-state index in [0.717, 1.165) is 61.5 Å². The second-order valence-corrected chi connectivity index (χ2v) is 8.60. The zero-order chi connectivity index (χ0) is 19.3. The Labute approximate surface area is 166 Å². The molecule has 0 amide bonds. The summed E-state index contributed by atoms with van der Waals surface area (Å²) in [5.74, 6) is 1.89. The van der Waals surface area contributed by atoms with Crippen molar-refractivity contribution in [2.24, 2.45) is 11.8 Å². The van der Waals surface area contributed by atoms with E-state index in [2.05, 4.69) is 41.1 Å². The van der Waals surface area contributed by atoms with E-state index < -0.39 is 5.60 Å². The van der Waals surface area contributed by atoms with Crippen molar-refractivity contribution in [3.8, 4) is 0 Å². The summed E-state index contributed by atoms with van der Waals surface area (Å²) in [5.41, 5.74) is 3.48. The molecule has 0 radical (unpaired) electrons. The maximum Gasteiger partial charge on any atom is 0.134 e. The molecule has 146 valence electrons. The maximum atomic E-state index is 11.5. The van der Waals surface area contributed by atoms with Crippen molar-refractivity contribution < 1.29 is 9.52 Å². The van der Waals surface area contributed by atoms with Crippen LogP contribution in [-0.2, 0) is 18.6 Å². The van der Waals surface area contributed by atoms with Crippen LogP contribution in [0.15, 0.2) is 47.0 Å². The molecule has 28 heavy (non-hydrogen) atoms. The van der Waals surface area contributed by atoms with E-state index in [1.165, 1.54) is 10.9 Å². The van der Waals surface area contributed by atoms with Crippen LogP contribution >= 0.6 is 0 Å². The van der Waals surface area contributed by atoms with E-state index in [9.17, 15) is 5.11 Å². The Morgan fingerprint density at radius 1 is 1.21 bits per heavy atom. The fourth-order valence-electron chi connectivity index (χ4n) is 5.39. The molecule has 3 atom stereocenters. The topological polar surface area (TPSA) is 49.5 Å². The van der Waals surface area contributed by atoms with E-state index in [4.69, 9.17) is 4.42 Å². The molecule has 1 saturated carbocycles. The molecule has 0 spiro atoms. The molecule has 1 saturated heterocycles. The highest BCUT2D eigenvalue weighted by molar-refractivity contribution is 5.82. The number of benzene rings is 1. The summed E-state index contributed by atoms with van der Waals surface area (Å²) in [4.78, 5) is 7.08. The molecule has 5 rings (SSSR count). The van der Waals surface area contributed by atoms with Gasteiger partial charge in [0.2, 0.25) is 0 Å². The van der Waals surface area contributed by atoms with Crippen LogP contribution in [0.1, 0.15) is 42.3 Å². The van der Waals surface area contributed by atoms with E-state index in [1.54, 1.807) is 0 Å². The SMILES string of the molecule is CCc1oc2ccccc2c1CN1C[C@@H]2CC[C@@](O)(c3ccc(C)cn3)[C@@H]2C1. The van der Waals surface area contributed by atoms with Gasteiger partial charge in [-0.15, -0.1) is 0 Å². The van der Waals surface area contributed by atoms with Crippen LogP contribution in [0.3, 0.4) is 0 Å².